The van der Waals surface area contributed by atoms with E-state index in [1.165, 1.54) is 19.4 Å². The zero-order valence-corrected chi connectivity index (χ0v) is 17.5. The number of benzene rings is 1. The lowest BCUT2D eigenvalue weighted by atomic mass is 9.83. The van der Waals surface area contributed by atoms with Crippen LogP contribution in [0.25, 0.3) is 10.9 Å². The van der Waals surface area contributed by atoms with Gasteiger partial charge >= 0.3 is 5.97 Å². The molecule has 8 heteroatoms. The molecule has 1 aliphatic heterocycles. The summed E-state index contributed by atoms with van der Waals surface area (Å²) in [5, 5.41) is 0.873. The second kappa shape index (κ2) is 6.29. The van der Waals surface area contributed by atoms with E-state index >= 15 is 0 Å². The molecule has 1 amide bonds. The molecule has 2 aliphatic carbocycles. The normalized spacial score (nSPS) is 22.7. The van der Waals surface area contributed by atoms with E-state index in [0.717, 1.165) is 17.3 Å². The van der Waals surface area contributed by atoms with E-state index in [2.05, 4.69) is 9.97 Å². The molecule has 2 fully saturated rings. The Morgan fingerprint density at radius 1 is 1.22 bits per heavy atom. The van der Waals surface area contributed by atoms with Crippen LogP contribution in [0.2, 0.25) is 0 Å². The van der Waals surface area contributed by atoms with Gasteiger partial charge in [0.05, 0.1) is 19.8 Å². The van der Waals surface area contributed by atoms with Gasteiger partial charge in [0.1, 0.15) is 17.1 Å². The number of esters is 1. The van der Waals surface area contributed by atoms with E-state index < -0.39 is 11.4 Å². The van der Waals surface area contributed by atoms with Crippen molar-refractivity contribution in [3.63, 3.8) is 0 Å². The Balaban J connectivity index is 1.39. The van der Waals surface area contributed by atoms with Crippen LogP contribution in [0.1, 0.15) is 43.3 Å². The largest absolute Gasteiger partial charge is 0.497 e. The first-order valence-corrected chi connectivity index (χ1v) is 10.3. The molecule has 1 spiro atoms. The Labute approximate surface area is 182 Å². The monoisotopic (exact) mass is 429 g/mol. The molecule has 2 atom stereocenters. The Morgan fingerprint density at radius 2 is 2.06 bits per heavy atom. The topological polar surface area (TPSA) is 102 Å². The number of ketones is 1. The van der Waals surface area contributed by atoms with E-state index in [-0.39, 0.29) is 17.6 Å². The van der Waals surface area contributed by atoms with Gasteiger partial charge in [-0.05, 0) is 48.2 Å². The van der Waals surface area contributed by atoms with Crippen molar-refractivity contribution in [1.29, 1.82) is 0 Å². The average molecular weight is 429 g/mol. The number of aromatic nitrogens is 2. The fourth-order valence-electron chi connectivity index (χ4n) is 5.21. The van der Waals surface area contributed by atoms with Gasteiger partial charge in [-0.15, -0.1) is 0 Å². The van der Waals surface area contributed by atoms with Gasteiger partial charge < -0.3 is 19.4 Å². The summed E-state index contributed by atoms with van der Waals surface area (Å²) >= 11 is 0. The lowest BCUT2D eigenvalue weighted by molar-refractivity contribution is 0.0599. The number of fused-ring (bicyclic) bond motifs is 2. The van der Waals surface area contributed by atoms with Gasteiger partial charge in [-0.3, -0.25) is 14.6 Å². The molecule has 160 valence electrons. The van der Waals surface area contributed by atoms with Crippen LogP contribution in [-0.4, -0.2) is 53.3 Å². The number of pyridine rings is 1. The van der Waals surface area contributed by atoms with E-state index in [1.807, 2.05) is 18.2 Å². The molecule has 3 aromatic rings. The summed E-state index contributed by atoms with van der Waals surface area (Å²) in [5.41, 5.74) is 2.87. The second-order valence-electron chi connectivity index (χ2n) is 8.43. The third-order valence-corrected chi connectivity index (χ3v) is 6.85. The number of ether oxygens (including phenoxy) is 2. The van der Waals surface area contributed by atoms with Gasteiger partial charge in [-0.1, -0.05) is 0 Å². The van der Waals surface area contributed by atoms with Crippen molar-refractivity contribution in [3.8, 4) is 5.75 Å². The number of nitrogens with zero attached hydrogens (tertiary/aromatic N) is 2. The molecule has 1 aromatic carbocycles. The molecule has 6 rings (SSSR count). The van der Waals surface area contributed by atoms with Crippen LogP contribution in [0.4, 0.5) is 0 Å². The predicted molar refractivity (Wildman–Crippen MR) is 114 cm³/mol. The minimum absolute atomic E-state index is 0.184. The fourth-order valence-corrected chi connectivity index (χ4v) is 5.21. The van der Waals surface area contributed by atoms with Gasteiger partial charge in [0.2, 0.25) is 5.78 Å². The van der Waals surface area contributed by atoms with E-state index in [1.54, 1.807) is 24.1 Å². The van der Waals surface area contributed by atoms with Crippen LogP contribution < -0.4 is 4.74 Å². The first-order chi connectivity index (χ1) is 15.5. The van der Waals surface area contributed by atoms with E-state index in [9.17, 15) is 14.4 Å². The van der Waals surface area contributed by atoms with Gasteiger partial charge in [0.15, 0.2) is 0 Å². The predicted octanol–water partition coefficient (Wildman–Crippen LogP) is 2.85. The van der Waals surface area contributed by atoms with Crippen LogP contribution >= 0.6 is 0 Å². The zero-order valence-electron chi connectivity index (χ0n) is 17.5. The smallest absolute Gasteiger partial charge is 0.339 e. The molecule has 3 heterocycles. The average Bonchev–Trinajstić information content (AvgIpc) is 3.21. The number of piperidine rings is 1. The minimum atomic E-state index is -0.503. The SMILES string of the molecule is COC(=O)c1cnc2c(c1)[C@]13C[C@H]1CN(C(=O)c1cc4cc(OC)ccc4[nH]1)C3=CC2=O. The number of allylic oxidation sites excluding steroid dienone is 2. The van der Waals surface area contributed by atoms with Gasteiger partial charge in [-0.25, -0.2) is 4.79 Å². The number of rotatable bonds is 3. The highest BCUT2D eigenvalue weighted by molar-refractivity contribution is 6.09. The molecular weight excluding hydrogens is 410 g/mol. The van der Waals surface area contributed by atoms with Crippen molar-refractivity contribution < 1.29 is 23.9 Å². The minimum Gasteiger partial charge on any atom is -0.497 e. The molecular formula is C24H19N3O5. The number of nitrogens with one attached hydrogen (secondary N) is 1. The summed E-state index contributed by atoms with van der Waals surface area (Å²) in [7, 11) is 2.91. The van der Waals surface area contributed by atoms with Gasteiger partial charge in [0.25, 0.3) is 5.91 Å². The maximum atomic E-state index is 13.5. The highest BCUT2D eigenvalue weighted by atomic mass is 16.5. The summed E-state index contributed by atoms with van der Waals surface area (Å²) < 4.78 is 10.1. The Bertz CT molecular complexity index is 1390. The van der Waals surface area contributed by atoms with Crippen molar-refractivity contribution in [3.05, 3.63) is 70.8 Å². The lowest BCUT2D eigenvalue weighted by Crippen LogP contribution is -2.34. The highest BCUT2D eigenvalue weighted by Gasteiger charge is 2.67. The van der Waals surface area contributed by atoms with E-state index in [4.69, 9.17) is 9.47 Å². The molecule has 1 saturated heterocycles. The molecule has 0 unspecified atom stereocenters. The number of aromatic amines is 1. The van der Waals surface area contributed by atoms with Gasteiger partial charge in [-0.2, -0.15) is 0 Å². The van der Waals surface area contributed by atoms with Crippen LogP contribution in [-0.2, 0) is 10.2 Å². The first kappa shape index (κ1) is 18.8. The number of amides is 1. The van der Waals surface area contributed by atoms with Gasteiger partial charge in [0, 0.05) is 40.8 Å². The number of carbonyl (C=O) groups is 3. The number of hydrogen-bond donors (Lipinski definition) is 1. The molecule has 2 aromatic heterocycles. The lowest BCUT2D eigenvalue weighted by Gasteiger charge is -2.28. The molecule has 1 saturated carbocycles. The maximum absolute atomic E-state index is 13.5. The van der Waals surface area contributed by atoms with E-state index in [0.29, 0.717) is 40.5 Å². The molecule has 32 heavy (non-hydrogen) atoms. The third-order valence-electron chi connectivity index (χ3n) is 6.85. The number of H-pyrrole nitrogens is 1. The highest BCUT2D eigenvalue weighted by Crippen LogP contribution is 2.66. The number of hydrogen-bond acceptors (Lipinski definition) is 6. The summed E-state index contributed by atoms with van der Waals surface area (Å²) in [5.74, 6) is -0.0568. The number of likely N-dealkylation sites (tertiary alicyclic amines) is 1. The molecule has 1 N–H and O–H groups in total. The Hall–Kier alpha value is -3.94. The van der Waals surface area contributed by atoms with Crippen LogP contribution in [0.15, 0.2) is 48.3 Å². The van der Waals surface area contributed by atoms with Crippen molar-refractivity contribution in [2.45, 2.75) is 11.8 Å². The zero-order chi connectivity index (χ0) is 22.2. The van der Waals surface area contributed by atoms with Crippen molar-refractivity contribution in [2.75, 3.05) is 20.8 Å². The van der Waals surface area contributed by atoms with Crippen molar-refractivity contribution in [1.82, 2.24) is 14.9 Å². The van der Waals surface area contributed by atoms with Crippen molar-refractivity contribution in [2.24, 2.45) is 5.92 Å². The molecule has 0 bridgehead atoms. The van der Waals surface area contributed by atoms with Crippen LogP contribution in [0.5, 0.6) is 5.75 Å². The summed E-state index contributed by atoms with van der Waals surface area (Å²) in [6.07, 6.45) is 3.72. The number of methoxy groups -OCH3 is 2. The summed E-state index contributed by atoms with van der Waals surface area (Å²) in [4.78, 5) is 47.4. The summed E-state index contributed by atoms with van der Waals surface area (Å²) in [6, 6.07) is 9.06. The maximum Gasteiger partial charge on any atom is 0.339 e. The van der Waals surface area contributed by atoms with Crippen LogP contribution in [0, 0.1) is 5.92 Å². The number of carbonyl (C=O) groups excluding carboxylic acids is 3. The Morgan fingerprint density at radius 3 is 2.84 bits per heavy atom. The molecule has 3 aliphatic rings. The van der Waals surface area contributed by atoms with Crippen molar-refractivity contribution >= 4 is 28.6 Å². The van der Waals surface area contributed by atoms with Crippen LogP contribution in [0.3, 0.4) is 0 Å². The summed E-state index contributed by atoms with van der Waals surface area (Å²) in [6.45, 7) is 0.512. The third kappa shape index (κ3) is 2.37. The standard InChI is InChI=1S/C24H19N3O5/c1-31-15-3-4-17-12(5-15)7-18(26-17)22(29)27-11-14-9-24(14)16-6-13(23(30)32-2)10-25-21(16)19(28)8-20(24)27/h3-8,10,14,26H,9,11H2,1-2H3/t14-,24-/m0/s1. The quantitative estimate of drug-likeness (QED) is 0.643. The first-order valence-electron chi connectivity index (χ1n) is 10.3. The fraction of sp³-hybridized carbons (Fsp3) is 0.250. The second-order valence-corrected chi connectivity index (χ2v) is 8.43. The molecule has 0 radical (unpaired) electrons. The molecule has 8 nitrogen and oxygen atoms in total. The Kier molecular flexibility index (Phi) is 3.69.